The molecule has 3 nitrogen and oxygen atoms in total. The van der Waals surface area contributed by atoms with Gasteiger partial charge >= 0.3 is 0 Å². The molecular formula is C14H25N3S2. The van der Waals surface area contributed by atoms with Crippen molar-refractivity contribution >= 4 is 23.1 Å². The van der Waals surface area contributed by atoms with E-state index in [4.69, 9.17) is 0 Å². The fourth-order valence-electron chi connectivity index (χ4n) is 2.36. The third-order valence-corrected chi connectivity index (χ3v) is 5.63. The molecule has 1 aromatic rings. The highest BCUT2D eigenvalue weighted by Crippen LogP contribution is 2.14. The van der Waals surface area contributed by atoms with Crippen molar-refractivity contribution in [2.24, 2.45) is 0 Å². The Morgan fingerprint density at radius 1 is 1.32 bits per heavy atom. The normalized spacial score (nSPS) is 19.7. The quantitative estimate of drug-likeness (QED) is 0.804. The lowest BCUT2D eigenvalue weighted by Gasteiger charge is -2.34. The topological polar surface area (TPSA) is 19.4 Å². The third-order valence-electron chi connectivity index (χ3n) is 3.77. The molecule has 108 valence electrons. The molecule has 0 radical (unpaired) electrons. The number of nitrogens with zero attached hydrogens (tertiary/aromatic N) is 3. The molecule has 0 spiro atoms. The van der Waals surface area contributed by atoms with Crippen LogP contribution in [0.1, 0.15) is 24.0 Å². The molecule has 0 aromatic carbocycles. The number of aryl methyl sites for hydroxylation is 1. The number of hydrogen-bond donors (Lipinski definition) is 0. The summed E-state index contributed by atoms with van der Waals surface area (Å²) >= 11 is 3.73. The lowest BCUT2D eigenvalue weighted by Crippen LogP contribution is -2.46. The van der Waals surface area contributed by atoms with Crippen LogP contribution < -0.4 is 0 Å². The smallest absolute Gasteiger partial charge is 0.0897 e. The van der Waals surface area contributed by atoms with Crippen LogP contribution >= 0.6 is 23.1 Å². The van der Waals surface area contributed by atoms with Crippen LogP contribution in [0.2, 0.25) is 0 Å². The molecule has 1 fully saturated rings. The van der Waals surface area contributed by atoms with Gasteiger partial charge in [-0.15, -0.1) is 11.3 Å². The minimum Gasteiger partial charge on any atom is -0.301 e. The predicted molar refractivity (Wildman–Crippen MR) is 86.2 cm³/mol. The fraction of sp³-hybridized carbons (Fsp3) is 0.786. The van der Waals surface area contributed by atoms with E-state index in [9.17, 15) is 0 Å². The van der Waals surface area contributed by atoms with Gasteiger partial charge in [-0.1, -0.05) is 6.92 Å². The summed E-state index contributed by atoms with van der Waals surface area (Å²) in [5, 5.41) is 4.16. The minimum absolute atomic E-state index is 0.788. The van der Waals surface area contributed by atoms with E-state index >= 15 is 0 Å². The molecule has 1 saturated heterocycles. The Labute approximate surface area is 125 Å². The van der Waals surface area contributed by atoms with Gasteiger partial charge in [0.1, 0.15) is 0 Å². The SMILES string of the molecule is CS[C@H](C)CCN1CCN(Cc2csc(C)n2)CC1. The first kappa shape index (κ1) is 15.3. The highest BCUT2D eigenvalue weighted by Gasteiger charge is 2.17. The maximum atomic E-state index is 4.55. The van der Waals surface area contributed by atoms with E-state index in [-0.39, 0.29) is 0 Å². The average molecular weight is 300 g/mol. The molecule has 5 heteroatoms. The van der Waals surface area contributed by atoms with Gasteiger partial charge in [0.15, 0.2) is 0 Å². The number of rotatable bonds is 6. The van der Waals surface area contributed by atoms with Crippen molar-refractivity contribution in [3.63, 3.8) is 0 Å². The van der Waals surface area contributed by atoms with E-state index in [1.54, 1.807) is 11.3 Å². The first-order valence-electron chi connectivity index (χ1n) is 7.06. The molecule has 1 aliphatic heterocycles. The summed E-state index contributed by atoms with van der Waals surface area (Å²) in [5.74, 6) is 0. The van der Waals surface area contributed by atoms with Gasteiger partial charge < -0.3 is 4.90 Å². The molecule has 0 N–H and O–H groups in total. The molecule has 1 atom stereocenters. The lowest BCUT2D eigenvalue weighted by atomic mass is 10.2. The minimum atomic E-state index is 0.788. The molecule has 19 heavy (non-hydrogen) atoms. The number of hydrogen-bond acceptors (Lipinski definition) is 5. The average Bonchev–Trinajstić information content (AvgIpc) is 2.83. The first-order valence-corrected chi connectivity index (χ1v) is 9.22. The van der Waals surface area contributed by atoms with Crippen molar-refractivity contribution in [3.8, 4) is 0 Å². The Morgan fingerprint density at radius 2 is 2.00 bits per heavy atom. The largest absolute Gasteiger partial charge is 0.301 e. The molecule has 0 saturated carbocycles. The summed E-state index contributed by atoms with van der Waals surface area (Å²) in [7, 11) is 0. The van der Waals surface area contributed by atoms with Gasteiger partial charge in [-0.25, -0.2) is 4.98 Å². The Balaban J connectivity index is 1.67. The molecule has 0 unspecified atom stereocenters. The maximum Gasteiger partial charge on any atom is 0.0897 e. The van der Waals surface area contributed by atoms with Gasteiger partial charge in [-0.2, -0.15) is 11.8 Å². The van der Waals surface area contributed by atoms with Crippen LogP contribution in [-0.2, 0) is 6.54 Å². The Kier molecular flexibility index (Phi) is 6.13. The second kappa shape index (κ2) is 7.62. The Bertz CT molecular complexity index is 373. The van der Waals surface area contributed by atoms with Gasteiger partial charge in [0, 0.05) is 43.4 Å². The Hall–Kier alpha value is -0.100. The molecule has 0 aliphatic carbocycles. The Morgan fingerprint density at radius 3 is 2.58 bits per heavy atom. The second-order valence-corrected chi connectivity index (χ2v) is 7.65. The van der Waals surface area contributed by atoms with Gasteiger partial charge in [0.25, 0.3) is 0 Å². The fourth-order valence-corrected chi connectivity index (χ4v) is 3.31. The van der Waals surface area contributed by atoms with Gasteiger partial charge in [0.2, 0.25) is 0 Å². The number of aromatic nitrogens is 1. The van der Waals surface area contributed by atoms with Crippen LogP contribution in [0, 0.1) is 6.92 Å². The third kappa shape index (κ3) is 5.06. The summed E-state index contributed by atoms with van der Waals surface area (Å²) in [6.07, 6.45) is 3.52. The monoisotopic (exact) mass is 299 g/mol. The van der Waals surface area contributed by atoms with Crippen molar-refractivity contribution in [3.05, 3.63) is 16.1 Å². The van der Waals surface area contributed by atoms with E-state index in [1.807, 2.05) is 11.8 Å². The second-order valence-electron chi connectivity index (χ2n) is 5.31. The summed E-state index contributed by atoms with van der Waals surface area (Å²) in [4.78, 5) is 9.69. The summed E-state index contributed by atoms with van der Waals surface area (Å²) in [5.41, 5.74) is 1.24. The summed E-state index contributed by atoms with van der Waals surface area (Å²) in [6.45, 7) is 11.5. The molecule has 2 heterocycles. The van der Waals surface area contributed by atoms with Crippen LogP contribution in [0.15, 0.2) is 5.38 Å². The van der Waals surface area contributed by atoms with Gasteiger partial charge in [0.05, 0.1) is 10.7 Å². The number of thioether (sulfide) groups is 1. The van der Waals surface area contributed by atoms with Crippen molar-refractivity contribution in [2.75, 3.05) is 39.0 Å². The van der Waals surface area contributed by atoms with Gasteiger partial charge in [-0.05, 0) is 26.1 Å². The predicted octanol–water partition coefficient (Wildman–Crippen LogP) is 2.71. The van der Waals surface area contributed by atoms with E-state index in [1.165, 1.54) is 49.8 Å². The van der Waals surface area contributed by atoms with E-state index in [2.05, 4.69) is 40.3 Å². The van der Waals surface area contributed by atoms with Crippen LogP contribution in [0.25, 0.3) is 0 Å². The zero-order valence-corrected chi connectivity index (χ0v) is 13.9. The van der Waals surface area contributed by atoms with Crippen LogP contribution in [0.3, 0.4) is 0 Å². The van der Waals surface area contributed by atoms with Crippen molar-refractivity contribution in [1.82, 2.24) is 14.8 Å². The molecular weight excluding hydrogens is 274 g/mol. The highest BCUT2D eigenvalue weighted by molar-refractivity contribution is 7.99. The standard InChI is InChI=1S/C14H25N3S2/c1-12(18-3)4-5-16-6-8-17(9-7-16)10-14-11-19-13(2)15-14/h11-12H,4-10H2,1-3H3/t12-/m1/s1. The van der Waals surface area contributed by atoms with Crippen molar-refractivity contribution in [1.29, 1.82) is 0 Å². The van der Waals surface area contributed by atoms with Crippen molar-refractivity contribution in [2.45, 2.75) is 32.1 Å². The van der Waals surface area contributed by atoms with E-state index in [0.29, 0.717) is 0 Å². The zero-order chi connectivity index (χ0) is 13.7. The summed E-state index contributed by atoms with van der Waals surface area (Å²) < 4.78 is 0. The van der Waals surface area contributed by atoms with E-state index in [0.717, 1.165) is 11.8 Å². The molecule has 1 aliphatic rings. The van der Waals surface area contributed by atoms with Gasteiger partial charge in [-0.3, -0.25) is 4.90 Å². The highest BCUT2D eigenvalue weighted by atomic mass is 32.2. The molecule has 0 bridgehead atoms. The maximum absolute atomic E-state index is 4.55. The number of piperazine rings is 1. The number of thiazole rings is 1. The molecule has 1 aromatic heterocycles. The van der Waals surface area contributed by atoms with Crippen LogP contribution in [0.5, 0.6) is 0 Å². The van der Waals surface area contributed by atoms with Crippen molar-refractivity contribution < 1.29 is 0 Å². The molecule has 0 amide bonds. The van der Waals surface area contributed by atoms with Crippen LogP contribution in [-0.4, -0.2) is 59.0 Å². The first-order chi connectivity index (χ1) is 9.17. The van der Waals surface area contributed by atoms with Crippen LogP contribution in [0.4, 0.5) is 0 Å². The lowest BCUT2D eigenvalue weighted by molar-refractivity contribution is 0.125. The summed E-state index contributed by atoms with van der Waals surface area (Å²) in [6, 6.07) is 0. The van der Waals surface area contributed by atoms with E-state index < -0.39 is 0 Å². The zero-order valence-electron chi connectivity index (χ0n) is 12.3. The molecule has 2 rings (SSSR count).